The minimum Gasteiger partial charge on any atom is -0.481 e. The number of ether oxygens (including phenoxy) is 1. The highest BCUT2D eigenvalue weighted by Crippen LogP contribution is 2.40. The monoisotopic (exact) mass is 266 g/mol. The number of carboxylic acids is 1. The molecule has 1 amide bonds. The Morgan fingerprint density at radius 3 is 2.26 bits per heavy atom. The van der Waals surface area contributed by atoms with Crippen LogP contribution in [0.4, 0.5) is 0 Å². The summed E-state index contributed by atoms with van der Waals surface area (Å²) in [5.74, 6) is -2.31. The third-order valence-corrected chi connectivity index (χ3v) is 4.28. The molecule has 0 radical (unpaired) electrons. The van der Waals surface area contributed by atoms with Gasteiger partial charge in [0.2, 0.25) is 5.91 Å². The lowest BCUT2D eigenvalue weighted by Gasteiger charge is -2.35. The number of aliphatic carboxylic acids is 1. The number of likely N-dealkylation sites (N-methyl/N-ethyl adjacent to an activating group) is 1. The molecule has 0 aromatic rings. The summed E-state index contributed by atoms with van der Waals surface area (Å²) in [5.41, 5.74) is 0. The van der Waals surface area contributed by atoms with Crippen molar-refractivity contribution in [2.75, 3.05) is 33.2 Å². The number of carbonyl (C=O) groups excluding carboxylic acids is 1. The Kier molecular flexibility index (Phi) is 3.06. The van der Waals surface area contributed by atoms with Gasteiger partial charge in [-0.15, -0.1) is 0 Å². The van der Waals surface area contributed by atoms with E-state index in [1.54, 1.807) is 11.0 Å². The Balaban J connectivity index is 1.75. The predicted octanol–water partition coefficient (Wildman–Crippen LogP) is -0.585. The van der Waals surface area contributed by atoms with E-state index in [2.05, 4.69) is 4.90 Å². The lowest BCUT2D eigenvalue weighted by Crippen LogP contribution is -2.52. The van der Waals surface area contributed by atoms with Crippen LogP contribution in [-0.4, -0.2) is 72.2 Å². The number of hydrogen-bond acceptors (Lipinski definition) is 4. The van der Waals surface area contributed by atoms with E-state index >= 15 is 0 Å². The summed E-state index contributed by atoms with van der Waals surface area (Å²) in [6, 6.07) is 0. The van der Waals surface area contributed by atoms with E-state index in [0.717, 1.165) is 13.1 Å². The summed E-state index contributed by atoms with van der Waals surface area (Å²) in [4.78, 5) is 27.8. The minimum atomic E-state index is -0.940. The molecule has 0 spiro atoms. The Bertz CT molecular complexity index is 428. The highest BCUT2D eigenvalue weighted by molar-refractivity contribution is 5.87. The number of nitrogens with zero attached hydrogens (tertiary/aromatic N) is 2. The molecule has 2 saturated heterocycles. The first-order valence-corrected chi connectivity index (χ1v) is 6.62. The van der Waals surface area contributed by atoms with E-state index in [1.807, 2.05) is 13.1 Å². The molecule has 0 aliphatic carbocycles. The molecule has 2 fully saturated rings. The van der Waals surface area contributed by atoms with Gasteiger partial charge in [0.15, 0.2) is 0 Å². The SMILES string of the molecule is CN1CCN(C(=O)C2C3C=CC(O3)C2C(=O)O)CC1. The maximum atomic E-state index is 12.5. The molecule has 4 unspecified atom stereocenters. The molecule has 19 heavy (non-hydrogen) atoms. The number of hydrogen-bond donors (Lipinski definition) is 1. The van der Waals surface area contributed by atoms with Crippen molar-refractivity contribution in [2.24, 2.45) is 11.8 Å². The van der Waals surface area contributed by atoms with Gasteiger partial charge in [-0.25, -0.2) is 0 Å². The van der Waals surface area contributed by atoms with Crippen molar-refractivity contribution < 1.29 is 19.4 Å². The lowest BCUT2D eigenvalue weighted by molar-refractivity contribution is -0.150. The first kappa shape index (κ1) is 12.6. The van der Waals surface area contributed by atoms with Crippen molar-refractivity contribution in [1.82, 2.24) is 9.80 Å². The van der Waals surface area contributed by atoms with Gasteiger partial charge in [-0.05, 0) is 7.05 Å². The van der Waals surface area contributed by atoms with Gasteiger partial charge < -0.3 is 19.6 Å². The zero-order valence-corrected chi connectivity index (χ0v) is 10.9. The van der Waals surface area contributed by atoms with Crippen LogP contribution in [0.5, 0.6) is 0 Å². The van der Waals surface area contributed by atoms with Crippen LogP contribution >= 0.6 is 0 Å². The Hall–Kier alpha value is -1.40. The summed E-state index contributed by atoms with van der Waals surface area (Å²) in [6.07, 6.45) is 2.78. The summed E-state index contributed by atoms with van der Waals surface area (Å²) in [7, 11) is 2.02. The maximum absolute atomic E-state index is 12.5. The van der Waals surface area contributed by atoms with Crippen molar-refractivity contribution in [2.45, 2.75) is 12.2 Å². The van der Waals surface area contributed by atoms with Crippen molar-refractivity contribution >= 4 is 11.9 Å². The van der Waals surface area contributed by atoms with E-state index in [4.69, 9.17) is 4.74 Å². The lowest BCUT2D eigenvalue weighted by atomic mass is 9.82. The van der Waals surface area contributed by atoms with E-state index in [9.17, 15) is 14.7 Å². The Labute approximate surface area is 111 Å². The van der Waals surface area contributed by atoms with Gasteiger partial charge in [-0.3, -0.25) is 9.59 Å². The second-order valence-corrected chi connectivity index (χ2v) is 5.47. The van der Waals surface area contributed by atoms with Crippen LogP contribution < -0.4 is 0 Å². The highest BCUT2D eigenvalue weighted by atomic mass is 16.5. The molecule has 0 saturated carbocycles. The van der Waals surface area contributed by atoms with Gasteiger partial charge in [0.25, 0.3) is 0 Å². The van der Waals surface area contributed by atoms with Crippen molar-refractivity contribution in [1.29, 1.82) is 0 Å². The molecule has 3 aliphatic heterocycles. The van der Waals surface area contributed by atoms with E-state index in [-0.39, 0.29) is 12.0 Å². The van der Waals surface area contributed by atoms with Crippen LogP contribution in [0.1, 0.15) is 0 Å². The van der Waals surface area contributed by atoms with Gasteiger partial charge in [-0.1, -0.05) is 12.2 Å². The van der Waals surface area contributed by atoms with E-state index in [1.165, 1.54) is 0 Å². The summed E-state index contributed by atoms with van der Waals surface area (Å²) in [5, 5.41) is 9.30. The van der Waals surface area contributed by atoms with Crippen LogP contribution in [0.2, 0.25) is 0 Å². The number of piperazine rings is 1. The normalized spacial score (nSPS) is 37.8. The molecule has 6 nitrogen and oxygen atoms in total. The molecular weight excluding hydrogens is 248 g/mol. The Morgan fingerprint density at radius 1 is 1.11 bits per heavy atom. The molecule has 3 rings (SSSR count). The summed E-state index contributed by atoms with van der Waals surface area (Å²) < 4.78 is 5.54. The smallest absolute Gasteiger partial charge is 0.310 e. The number of fused-ring (bicyclic) bond motifs is 2. The number of carbonyl (C=O) groups is 2. The zero-order valence-electron chi connectivity index (χ0n) is 10.9. The largest absolute Gasteiger partial charge is 0.481 e. The minimum absolute atomic E-state index is 0.0719. The molecule has 4 atom stereocenters. The number of carboxylic acid groups (broad SMARTS) is 1. The fraction of sp³-hybridized carbons (Fsp3) is 0.692. The molecule has 0 aromatic carbocycles. The van der Waals surface area contributed by atoms with Crippen molar-refractivity contribution in [3.05, 3.63) is 12.2 Å². The van der Waals surface area contributed by atoms with Gasteiger partial charge in [-0.2, -0.15) is 0 Å². The third-order valence-electron chi connectivity index (χ3n) is 4.28. The van der Waals surface area contributed by atoms with Crippen molar-refractivity contribution in [3.63, 3.8) is 0 Å². The molecule has 3 aliphatic rings. The van der Waals surface area contributed by atoms with Crippen LogP contribution in [0, 0.1) is 11.8 Å². The van der Waals surface area contributed by atoms with Gasteiger partial charge >= 0.3 is 5.97 Å². The van der Waals surface area contributed by atoms with Crippen molar-refractivity contribution in [3.8, 4) is 0 Å². The quantitative estimate of drug-likeness (QED) is 0.677. The molecule has 0 aromatic heterocycles. The number of rotatable bonds is 2. The average Bonchev–Trinajstić information content (AvgIpc) is 2.98. The van der Waals surface area contributed by atoms with Crippen LogP contribution in [0.3, 0.4) is 0 Å². The highest BCUT2D eigenvalue weighted by Gasteiger charge is 2.54. The van der Waals surface area contributed by atoms with E-state index < -0.39 is 23.9 Å². The van der Waals surface area contributed by atoms with Crippen LogP contribution in [-0.2, 0) is 14.3 Å². The molecule has 6 heteroatoms. The van der Waals surface area contributed by atoms with Gasteiger partial charge in [0, 0.05) is 26.2 Å². The zero-order chi connectivity index (χ0) is 13.6. The Morgan fingerprint density at radius 2 is 1.68 bits per heavy atom. The first-order chi connectivity index (χ1) is 9.08. The molecule has 1 N–H and O–H groups in total. The fourth-order valence-electron chi connectivity index (χ4n) is 3.13. The fourth-order valence-corrected chi connectivity index (χ4v) is 3.13. The van der Waals surface area contributed by atoms with Crippen LogP contribution in [0.15, 0.2) is 12.2 Å². The molecule has 104 valence electrons. The average molecular weight is 266 g/mol. The standard InChI is InChI=1S/C13H18N2O4/c1-14-4-6-15(7-5-14)12(16)10-8-2-3-9(19-8)11(10)13(17)18/h2-3,8-11H,4-7H2,1H3,(H,17,18). The summed E-state index contributed by atoms with van der Waals surface area (Å²) >= 11 is 0. The predicted molar refractivity (Wildman–Crippen MR) is 66.5 cm³/mol. The summed E-state index contributed by atoms with van der Waals surface area (Å²) in [6.45, 7) is 3.00. The first-order valence-electron chi connectivity index (χ1n) is 6.62. The molecular formula is C13H18N2O4. The van der Waals surface area contributed by atoms with Crippen LogP contribution in [0.25, 0.3) is 0 Å². The molecule has 3 heterocycles. The van der Waals surface area contributed by atoms with Gasteiger partial charge in [0.1, 0.15) is 5.92 Å². The third kappa shape index (κ3) is 2.04. The van der Waals surface area contributed by atoms with E-state index in [0.29, 0.717) is 13.1 Å². The maximum Gasteiger partial charge on any atom is 0.310 e. The number of amides is 1. The second kappa shape index (κ2) is 4.61. The van der Waals surface area contributed by atoms with Gasteiger partial charge in [0.05, 0.1) is 18.1 Å². The second-order valence-electron chi connectivity index (χ2n) is 5.47. The topological polar surface area (TPSA) is 70.1 Å². The molecule has 2 bridgehead atoms.